The zero-order chi connectivity index (χ0) is 13.6. The molecule has 1 N–H and O–H groups in total. The van der Waals surface area contributed by atoms with Crippen LogP contribution in [0, 0.1) is 16.2 Å². The molecule has 0 radical (unpaired) electrons. The first-order valence-electron chi connectivity index (χ1n) is 6.49. The Morgan fingerprint density at radius 2 is 1.59 bits per heavy atom. The molecule has 0 aromatic carbocycles. The van der Waals surface area contributed by atoms with E-state index in [0.717, 1.165) is 5.57 Å². The molecular weight excluding hydrogens is 208 g/mol. The van der Waals surface area contributed by atoms with Gasteiger partial charge in [0.05, 0.1) is 6.10 Å². The van der Waals surface area contributed by atoms with Crippen molar-refractivity contribution >= 4 is 0 Å². The minimum absolute atomic E-state index is 0.0401. The Morgan fingerprint density at radius 1 is 1.12 bits per heavy atom. The Labute approximate surface area is 107 Å². The van der Waals surface area contributed by atoms with Gasteiger partial charge in [-0.15, -0.1) is 0 Å². The highest BCUT2D eigenvalue weighted by molar-refractivity contribution is 5.38. The highest BCUT2D eigenvalue weighted by atomic mass is 16.3. The van der Waals surface area contributed by atoms with E-state index in [2.05, 4.69) is 60.6 Å². The number of rotatable bonds is 0. The van der Waals surface area contributed by atoms with E-state index in [1.54, 1.807) is 0 Å². The van der Waals surface area contributed by atoms with E-state index in [4.69, 9.17) is 0 Å². The lowest BCUT2D eigenvalue weighted by atomic mass is 9.59. The Balaban J connectivity index is 3.35. The zero-order valence-electron chi connectivity index (χ0n) is 12.7. The van der Waals surface area contributed by atoms with Crippen LogP contribution >= 0.6 is 0 Å². The number of aliphatic hydroxyl groups excluding tert-OH is 1. The molecule has 0 aliphatic heterocycles. The average molecular weight is 236 g/mol. The maximum atomic E-state index is 10.5. The maximum absolute atomic E-state index is 10.5. The summed E-state index contributed by atoms with van der Waals surface area (Å²) in [6, 6.07) is 0. The highest BCUT2D eigenvalue weighted by Gasteiger charge is 2.45. The minimum atomic E-state index is -0.381. The molecular formula is C16H28O. The van der Waals surface area contributed by atoms with Crippen molar-refractivity contribution in [3.63, 3.8) is 0 Å². The molecule has 0 saturated heterocycles. The standard InChI is InChI=1S/C16H28O/c1-11-9-12(14(2,3)4)10-16(8,13(11)17)15(5,6)7/h9-10,13,17H,1-8H3. The molecule has 2 unspecified atom stereocenters. The Hall–Kier alpha value is -0.560. The third-order valence-corrected chi connectivity index (χ3v) is 4.32. The third-order valence-electron chi connectivity index (χ3n) is 4.32. The van der Waals surface area contributed by atoms with Crippen LogP contribution in [-0.4, -0.2) is 11.2 Å². The summed E-state index contributed by atoms with van der Waals surface area (Å²) in [5, 5.41) is 10.5. The summed E-state index contributed by atoms with van der Waals surface area (Å²) in [4.78, 5) is 0. The number of aliphatic hydroxyl groups is 1. The van der Waals surface area contributed by atoms with Gasteiger partial charge in [0, 0.05) is 5.41 Å². The molecule has 1 aliphatic rings. The zero-order valence-corrected chi connectivity index (χ0v) is 12.7. The molecule has 2 atom stereocenters. The highest BCUT2D eigenvalue weighted by Crippen LogP contribution is 2.49. The van der Waals surface area contributed by atoms with E-state index in [1.807, 2.05) is 6.92 Å². The number of hydrogen-bond acceptors (Lipinski definition) is 1. The summed E-state index contributed by atoms with van der Waals surface area (Å²) in [6.07, 6.45) is 4.05. The first kappa shape index (κ1) is 14.5. The predicted molar refractivity (Wildman–Crippen MR) is 74.9 cm³/mol. The van der Waals surface area contributed by atoms with Gasteiger partial charge >= 0.3 is 0 Å². The molecule has 1 rings (SSSR count). The van der Waals surface area contributed by atoms with Crippen LogP contribution in [-0.2, 0) is 0 Å². The van der Waals surface area contributed by atoms with E-state index in [-0.39, 0.29) is 22.3 Å². The van der Waals surface area contributed by atoms with Crippen LogP contribution in [0.4, 0.5) is 0 Å². The van der Waals surface area contributed by atoms with Gasteiger partial charge in [0.25, 0.3) is 0 Å². The van der Waals surface area contributed by atoms with Gasteiger partial charge in [0.15, 0.2) is 0 Å². The van der Waals surface area contributed by atoms with Crippen molar-refractivity contribution < 1.29 is 5.11 Å². The van der Waals surface area contributed by atoms with Gasteiger partial charge in [-0.25, -0.2) is 0 Å². The summed E-state index contributed by atoms with van der Waals surface area (Å²) < 4.78 is 0. The summed E-state index contributed by atoms with van der Waals surface area (Å²) in [7, 11) is 0. The van der Waals surface area contributed by atoms with Crippen LogP contribution in [0.5, 0.6) is 0 Å². The minimum Gasteiger partial charge on any atom is -0.388 e. The molecule has 0 aromatic heterocycles. The monoisotopic (exact) mass is 236 g/mol. The molecule has 0 aromatic rings. The molecule has 0 spiro atoms. The quantitative estimate of drug-likeness (QED) is 0.663. The van der Waals surface area contributed by atoms with Crippen LogP contribution in [0.2, 0.25) is 0 Å². The van der Waals surface area contributed by atoms with Crippen LogP contribution < -0.4 is 0 Å². The Bertz CT molecular complexity index is 360. The third kappa shape index (κ3) is 2.49. The van der Waals surface area contributed by atoms with Crippen molar-refractivity contribution in [1.29, 1.82) is 0 Å². The van der Waals surface area contributed by atoms with Crippen molar-refractivity contribution in [1.82, 2.24) is 0 Å². The largest absolute Gasteiger partial charge is 0.388 e. The molecule has 0 bridgehead atoms. The van der Waals surface area contributed by atoms with Gasteiger partial charge in [-0.05, 0) is 28.9 Å². The first-order chi connectivity index (χ1) is 7.39. The molecule has 17 heavy (non-hydrogen) atoms. The Morgan fingerprint density at radius 3 is 1.94 bits per heavy atom. The fraction of sp³-hybridized carbons (Fsp3) is 0.750. The number of allylic oxidation sites excluding steroid dienone is 2. The van der Waals surface area contributed by atoms with Crippen molar-refractivity contribution in [2.75, 3.05) is 0 Å². The van der Waals surface area contributed by atoms with Crippen molar-refractivity contribution in [3.8, 4) is 0 Å². The van der Waals surface area contributed by atoms with Gasteiger partial charge in [0.1, 0.15) is 0 Å². The molecule has 1 heteroatoms. The van der Waals surface area contributed by atoms with Crippen LogP contribution in [0.25, 0.3) is 0 Å². The summed E-state index contributed by atoms with van der Waals surface area (Å²) in [6.45, 7) is 17.5. The smallest absolute Gasteiger partial charge is 0.0843 e. The topological polar surface area (TPSA) is 20.2 Å². The molecule has 1 nitrogen and oxygen atoms in total. The van der Waals surface area contributed by atoms with Gasteiger partial charge < -0.3 is 5.11 Å². The molecule has 0 saturated carbocycles. The summed E-state index contributed by atoms with van der Waals surface area (Å²) in [5.41, 5.74) is 2.38. The second-order valence-electron chi connectivity index (χ2n) is 7.67. The normalized spacial score (nSPS) is 31.0. The molecule has 98 valence electrons. The second kappa shape index (κ2) is 3.98. The van der Waals surface area contributed by atoms with E-state index in [1.165, 1.54) is 5.57 Å². The van der Waals surface area contributed by atoms with Crippen molar-refractivity contribution in [3.05, 3.63) is 23.3 Å². The summed E-state index contributed by atoms with van der Waals surface area (Å²) >= 11 is 0. The first-order valence-corrected chi connectivity index (χ1v) is 6.49. The van der Waals surface area contributed by atoms with Crippen LogP contribution in [0.15, 0.2) is 23.3 Å². The van der Waals surface area contributed by atoms with Crippen molar-refractivity contribution in [2.24, 2.45) is 16.2 Å². The molecule has 0 amide bonds. The van der Waals surface area contributed by atoms with Crippen LogP contribution in [0.3, 0.4) is 0 Å². The number of hydrogen-bond donors (Lipinski definition) is 1. The van der Waals surface area contributed by atoms with Gasteiger partial charge in [-0.2, -0.15) is 0 Å². The lowest BCUT2D eigenvalue weighted by Gasteiger charge is -2.47. The van der Waals surface area contributed by atoms with Crippen molar-refractivity contribution in [2.45, 2.75) is 61.5 Å². The molecule has 0 heterocycles. The van der Waals surface area contributed by atoms with E-state index in [0.29, 0.717) is 0 Å². The SMILES string of the molecule is CC1=CC(C(C)(C)C)=CC(C)(C(C)(C)C)C1O. The molecule has 1 aliphatic carbocycles. The Kier molecular flexibility index (Phi) is 3.40. The molecule has 0 fully saturated rings. The predicted octanol–water partition coefficient (Wildman–Crippen LogP) is 4.33. The fourth-order valence-corrected chi connectivity index (χ4v) is 2.30. The van der Waals surface area contributed by atoms with Gasteiger partial charge in [-0.3, -0.25) is 0 Å². The fourth-order valence-electron chi connectivity index (χ4n) is 2.30. The average Bonchev–Trinajstić information content (AvgIpc) is 2.10. The lowest BCUT2D eigenvalue weighted by Crippen LogP contribution is -2.44. The van der Waals surface area contributed by atoms with E-state index >= 15 is 0 Å². The van der Waals surface area contributed by atoms with Crippen LogP contribution in [0.1, 0.15) is 55.4 Å². The lowest BCUT2D eigenvalue weighted by molar-refractivity contribution is 0.0158. The van der Waals surface area contributed by atoms with E-state index in [9.17, 15) is 5.11 Å². The second-order valence-corrected chi connectivity index (χ2v) is 7.67. The van der Waals surface area contributed by atoms with Gasteiger partial charge in [-0.1, -0.05) is 60.6 Å². The van der Waals surface area contributed by atoms with Gasteiger partial charge in [0.2, 0.25) is 0 Å². The maximum Gasteiger partial charge on any atom is 0.0843 e. The summed E-state index contributed by atoms with van der Waals surface area (Å²) in [5.74, 6) is 0. The van der Waals surface area contributed by atoms with E-state index < -0.39 is 0 Å².